The first-order valence-electron chi connectivity index (χ1n) is 12.1. The molecule has 31 heavy (non-hydrogen) atoms. The lowest BCUT2D eigenvalue weighted by atomic mass is 9.61. The van der Waals surface area contributed by atoms with Gasteiger partial charge in [0.25, 0.3) is 0 Å². The summed E-state index contributed by atoms with van der Waals surface area (Å²) < 4.78 is 0. The van der Waals surface area contributed by atoms with E-state index in [9.17, 15) is 0 Å². The monoisotopic (exact) mass is 440 g/mol. The van der Waals surface area contributed by atoms with Crippen molar-refractivity contribution in [2.45, 2.75) is 78.2 Å². The fourth-order valence-electron chi connectivity index (χ4n) is 5.18. The summed E-state index contributed by atoms with van der Waals surface area (Å²) in [5.41, 5.74) is 1.66. The maximum atomic E-state index is 4.20. The van der Waals surface area contributed by atoms with Gasteiger partial charge in [0, 0.05) is 29.9 Å². The van der Waals surface area contributed by atoms with Gasteiger partial charge in [-0.3, -0.25) is 0 Å². The molecular weight excluding hydrogens is 396 g/mol. The fourth-order valence-corrected chi connectivity index (χ4v) is 5.73. The number of rotatable bonds is 12. The molecule has 1 saturated carbocycles. The summed E-state index contributed by atoms with van der Waals surface area (Å²) in [6.07, 6.45) is 27.8. The van der Waals surface area contributed by atoms with Gasteiger partial charge in [0.2, 0.25) is 0 Å². The van der Waals surface area contributed by atoms with Gasteiger partial charge in [-0.15, -0.1) is 0 Å². The molecule has 0 aromatic carbocycles. The van der Waals surface area contributed by atoms with Gasteiger partial charge in [-0.2, -0.15) is 0 Å². The molecule has 0 bridgehead atoms. The lowest BCUT2D eigenvalue weighted by Crippen LogP contribution is -2.42. The number of hydrogen-bond acceptors (Lipinski definition) is 3. The summed E-state index contributed by atoms with van der Waals surface area (Å²) in [7, 11) is 1.92. The number of hydrogen-bond donors (Lipinski definition) is 2. The van der Waals surface area contributed by atoms with Crippen molar-refractivity contribution < 1.29 is 0 Å². The van der Waals surface area contributed by atoms with Gasteiger partial charge in [0.1, 0.15) is 0 Å². The quantitative estimate of drug-likeness (QED) is 0.238. The fraction of sp³-hybridized carbons (Fsp3) is 0.571. The third-order valence-electron chi connectivity index (χ3n) is 6.92. The van der Waals surface area contributed by atoms with Crippen LogP contribution >= 0.6 is 11.8 Å². The molecule has 0 spiro atoms. The highest BCUT2D eigenvalue weighted by Gasteiger charge is 2.40. The van der Waals surface area contributed by atoms with E-state index in [0.717, 1.165) is 29.6 Å². The summed E-state index contributed by atoms with van der Waals surface area (Å²) in [6, 6.07) is 0.584. The molecule has 0 aromatic heterocycles. The molecule has 0 saturated heterocycles. The minimum atomic E-state index is 0.320. The molecule has 0 aromatic rings. The maximum Gasteiger partial charge on any atom is 0.0298 e. The first-order chi connectivity index (χ1) is 15.0. The predicted octanol–water partition coefficient (Wildman–Crippen LogP) is 7.86. The Labute approximate surface area is 196 Å². The number of nitrogens with one attached hydrogen (secondary N) is 2. The second kappa shape index (κ2) is 13.7. The molecule has 172 valence electrons. The molecule has 2 N–H and O–H groups in total. The van der Waals surface area contributed by atoms with Crippen LogP contribution in [0.1, 0.15) is 72.1 Å². The molecular formula is C28H44N2S. The molecule has 4 atom stereocenters. The zero-order chi connectivity index (χ0) is 22.5. The molecule has 0 radical (unpaired) electrons. The molecule has 3 heteroatoms. The molecule has 1 fully saturated rings. The van der Waals surface area contributed by atoms with Crippen LogP contribution in [0.15, 0.2) is 71.3 Å². The SMILES string of the molecule is C=C(/C=C\CC(CC)(C/C=C\C)C1CC(C)CC(NC2=CCCC=C2)C1)S/C=C\NC. The maximum absolute atomic E-state index is 4.20. The van der Waals surface area contributed by atoms with Crippen LogP contribution in [0, 0.1) is 17.3 Å². The Morgan fingerprint density at radius 3 is 2.71 bits per heavy atom. The van der Waals surface area contributed by atoms with Gasteiger partial charge < -0.3 is 10.6 Å². The largest absolute Gasteiger partial charge is 0.394 e. The van der Waals surface area contributed by atoms with Crippen LogP contribution in [0.4, 0.5) is 0 Å². The summed E-state index contributed by atoms with van der Waals surface area (Å²) in [6.45, 7) is 11.2. The van der Waals surface area contributed by atoms with Crippen LogP contribution in [-0.2, 0) is 0 Å². The molecule has 4 unspecified atom stereocenters. The normalized spacial score (nSPS) is 26.3. The molecule has 0 amide bonds. The standard InChI is InChI=1S/C28H44N2S/c1-6-8-16-28(7-2,17-12-13-24(4)31-19-18-29-5)25-20-23(3)21-27(22-25)30-26-14-10-9-11-15-26/h6,8,10,12-15,18-19,23,25,27,29-30H,4,7,9,11,16-17,20-22H2,1-3,5H3/b8-6-,13-12-,19-18-. The Hall–Kier alpha value is -1.61. The van der Waals surface area contributed by atoms with Gasteiger partial charge in [0.15, 0.2) is 0 Å². The Morgan fingerprint density at radius 1 is 1.23 bits per heavy atom. The van der Waals surface area contributed by atoms with E-state index in [1.54, 1.807) is 11.8 Å². The Balaban J connectivity index is 2.12. The van der Waals surface area contributed by atoms with Crippen LogP contribution in [0.2, 0.25) is 0 Å². The van der Waals surface area contributed by atoms with Crippen LogP contribution in [-0.4, -0.2) is 13.1 Å². The highest BCUT2D eigenvalue weighted by molar-refractivity contribution is 8.06. The predicted molar refractivity (Wildman–Crippen MR) is 141 cm³/mol. The summed E-state index contributed by atoms with van der Waals surface area (Å²) in [5.74, 6) is 1.50. The Morgan fingerprint density at radius 2 is 2.03 bits per heavy atom. The van der Waals surface area contributed by atoms with Crippen LogP contribution in [0.3, 0.4) is 0 Å². The molecule has 2 aliphatic rings. The van der Waals surface area contributed by atoms with E-state index < -0.39 is 0 Å². The number of allylic oxidation sites excluding steroid dienone is 7. The first-order valence-corrected chi connectivity index (χ1v) is 13.0. The van der Waals surface area contributed by atoms with E-state index in [-0.39, 0.29) is 0 Å². The summed E-state index contributed by atoms with van der Waals surface area (Å²) >= 11 is 1.67. The minimum Gasteiger partial charge on any atom is -0.394 e. The zero-order valence-corrected chi connectivity index (χ0v) is 21.0. The van der Waals surface area contributed by atoms with E-state index in [2.05, 4.69) is 80.5 Å². The van der Waals surface area contributed by atoms with Crippen molar-refractivity contribution >= 4 is 11.8 Å². The molecule has 0 aliphatic heterocycles. The van der Waals surface area contributed by atoms with Gasteiger partial charge in [-0.05, 0) is 87.0 Å². The zero-order valence-electron chi connectivity index (χ0n) is 20.2. The second-order valence-electron chi connectivity index (χ2n) is 9.26. The highest BCUT2D eigenvalue weighted by Crippen LogP contribution is 2.48. The van der Waals surface area contributed by atoms with Crippen molar-refractivity contribution in [3.8, 4) is 0 Å². The van der Waals surface area contributed by atoms with Crippen LogP contribution < -0.4 is 10.6 Å². The van der Waals surface area contributed by atoms with E-state index in [1.807, 2.05) is 18.7 Å². The van der Waals surface area contributed by atoms with E-state index >= 15 is 0 Å². The molecule has 0 heterocycles. The van der Waals surface area contributed by atoms with E-state index in [1.165, 1.54) is 44.2 Å². The van der Waals surface area contributed by atoms with E-state index in [0.29, 0.717) is 11.5 Å². The van der Waals surface area contributed by atoms with Crippen molar-refractivity contribution in [1.29, 1.82) is 0 Å². The molecule has 2 nitrogen and oxygen atoms in total. The average molecular weight is 441 g/mol. The Bertz CT molecular complexity index is 700. The van der Waals surface area contributed by atoms with Gasteiger partial charge in [0.05, 0.1) is 0 Å². The third kappa shape index (κ3) is 8.44. The molecule has 2 aliphatic carbocycles. The summed E-state index contributed by atoms with van der Waals surface area (Å²) in [5, 5.41) is 8.96. The topological polar surface area (TPSA) is 24.1 Å². The van der Waals surface area contributed by atoms with Crippen LogP contribution in [0.25, 0.3) is 0 Å². The number of thioether (sulfide) groups is 1. The van der Waals surface area contributed by atoms with Crippen molar-refractivity contribution in [2.75, 3.05) is 7.05 Å². The first kappa shape index (κ1) is 25.6. The molecule has 2 rings (SSSR count). The van der Waals surface area contributed by atoms with Crippen molar-refractivity contribution in [3.63, 3.8) is 0 Å². The lowest BCUT2D eigenvalue weighted by molar-refractivity contribution is 0.0787. The highest BCUT2D eigenvalue weighted by atomic mass is 32.2. The van der Waals surface area contributed by atoms with Crippen molar-refractivity contribution in [1.82, 2.24) is 10.6 Å². The lowest BCUT2D eigenvalue weighted by Gasteiger charge is -2.46. The van der Waals surface area contributed by atoms with Crippen molar-refractivity contribution in [3.05, 3.63) is 71.3 Å². The van der Waals surface area contributed by atoms with Gasteiger partial charge >= 0.3 is 0 Å². The average Bonchev–Trinajstić information content (AvgIpc) is 2.77. The van der Waals surface area contributed by atoms with E-state index in [4.69, 9.17) is 0 Å². The van der Waals surface area contributed by atoms with Crippen molar-refractivity contribution in [2.24, 2.45) is 17.3 Å². The van der Waals surface area contributed by atoms with Crippen LogP contribution in [0.5, 0.6) is 0 Å². The Kier molecular flexibility index (Phi) is 11.4. The van der Waals surface area contributed by atoms with Gasteiger partial charge in [-0.1, -0.05) is 68.6 Å². The summed E-state index contributed by atoms with van der Waals surface area (Å²) in [4.78, 5) is 1.09. The third-order valence-corrected chi connectivity index (χ3v) is 7.63. The van der Waals surface area contributed by atoms with Gasteiger partial charge in [-0.25, -0.2) is 0 Å². The smallest absolute Gasteiger partial charge is 0.0298 e. The minimum absolute atomic E-state index is 0.320. The second-order valence-corrected chi connectivity index (χ2v) is 10.3.